The molecule has 1 aromatic heterocycles. The summed E-state index contributed by atoms with van der Waals surface area (Å²) in [5.41, 5.74) is 6.83. The Morgan fingerprint density at radius 3 is 2.89 bits per heavy atom. The third-order valence-corrected chi connectivity index (χ3v) is 3.42. The number of rotatable bonds is 3. The molecule has 1 heterocycles. The highest BCUT2D eigenvalue weighted by atomic mass is 32.1. The Morgan fingerprint density at radius 2 is 2.26 bits per heavy atom. The van der Waals surface area contributed by atoms with E-state index in [1.165, 1.54) is 17.4 Å². The number of benzene rings is 1. The molecule has 100 valence electrons. The summed E-state index contributed by atoms with van der Waals surface area (Å²) in [6.45, 7) is 3.42. The number of amides is 1. The van der Waals surface area contributed by atoms with Crippen LogP contribution in [0.5, 0.6) is 0 Å². The zero-order valence-electron chi connectivity index (χ0n) is 10.6. The lowest BCUT2D eigenvalue weighted by molar-refractivity contribution is 0.102. The topological polar surface area (TPSA) is 68.0 Å². The first-order valence-corrected chi connectivity index (χ1v) is 6.64. The number of nitrogens with zero attached hydrogens (tertiary/aromatic N) is 1. The molecule has 4 nitrogen and oxygen atoms in total. The normalized spacial score (nSPS) is 12.2. The van der Waals surface area contributed by atoms with Crippen LogP contribution in [0.3, 0.4) is 0 Å². The smallest absolute Gasteiger partial charge is 0.260 e. The largest absolute Gasteiger partial charge is 0.323 e. The number of anilines is 1. The van der Waals surface area contributed by atoms with E-state index in [2.05, 4.69) is 10.3 Å². The van der Waals surface area contributed by atoms with Gasteiger partial charge in [-0.3, -0.25) is 10.1 Å². The summed E-state index contributed by atoms with van der Waals surface area (Å²) >= 11 is 1.27. The maximum Gasteiger partial charge on any atom is 0.260 e. The van der Waals surface area contributed by atoms with E-state index in [1.807, 2.05) is 0 Å². The molecule has 0 fully saturated rings. The second-order valence-corrected chi connectivity index (χ2v) is 5.11. The van der Waals surface area contributed by atoms with Crippen LogP contribution in [-0.2, 0) is 0 Å². The third-order valence-electron chi connectivity index (χ3n) is 2.65. The number of aryl methyl sites for hydroxylation is 1. The van der Waals surface area contributed by atoms with Gasteiger partial charge in [-0.2, -0.15) is 0 Å². The minimum absolute atomic E-state index is 0.0116. The molecule has 1 unspecified atom stereocenters. The maximum atomic E-state index is 13.8. The average molecular weight is 279 g/mol. The summed E-state index contributed by atoms with van der Waals surface area (Å²) < 4.78 is 13.8. The molecule has 0 aliphatic rings. The summed E-state index contributed by atoms with van der Waals surface area (Å²) in [4.78, 5) is 16.1. The molecule has 2 rings (SSSR count). The molecule has 0 radical (unpaired) electrons. The van der Waals surface area contributed by atoms with Crippen molar-refractivity contribution in [3.63, 3.8) is 0 Å². The van der Waals surface area contributed by atoms with Crippen LogP contribution < -0.4 is 11.1 Å². The van der Waals surface area contributed by atoms with Crippen molar-refractivity contribution in [2.24, 2.45) is 5.73 Å². The van der Waals surface area contributed by atoms with Crippen molar-refractivity contribution < 1.29 is 9.18 Å². The quantitative estimate of drug-likeness (QED) is 0.907. The van der Waals surface area contributed by atoms with Gasteiger partial charge in [-0.1, -0.05) is 12.1 Å². The number of carbonyl (C=O) groups excluding carboxylic acids is 1. The standard InChI is InChI=1S/C13H14FN3OS/c1-7-4-3-5-9(11(7)14)12(18)17-13-16-10(6-19-13)8(2)15/h3-6,8H,15H2,1-2H3,(H,16,17,18). The summed E-state index contributed by atoms with van der Waals surface area (Å²) in [5, 5.41) is 4.76. The molecule has 0 saturated carbocycles. The Hall–Kier alpha value is -1.79. The predicted octanol–water partition coefficient (Wildman–Crippen LogP) is 2.86. The van der Waals surface area contributed by atoms with Crippen molar-refractivity contribution in [2.75, 3.05) is 5.32 Å². The first-order valence-electron chi connectivity index (χ1n) is 5.76. The molecule has 6 heteroatoms. The molecule has 0 aliphatic carbocycles. The van der Waals surface area contributed by atoms with Gasteiger partial charge >= 0.3 is 0 Å². The van der Waals surface area contributed by atoms with Crippen molar-refractivity contribution in [3.8, 4) is 0 Å². The summed E-state index contributed by atoms with van der Waals surface area (Å²) in [7, 11) is 0. The van der Waals surface area contributed by atoms with E-state index in [-0.39, 0.29) is 11.6 Å². The van der Waals surface area contributed by atoms with E-state index in [0.29, 0.717) is 16.4 Å². The molecule has 19 heavy (non-hydrogen) atoms. The molecule has 0 saturated heterocycles. The van der Waals surface area contributed by atoms with E-state index in [4.69, 9.17) is 5.73 Å². The number of carbonyl (C=O) groups is 1. The van der Waals surface area contributed by atoms with Gasteiger partial charge in [0.1, 0.15) is 5.82 Å². The van der Waals surface area contributed by atoms with Crippen LogP contribution in [0.4, 0.5) is 9.52 Å². The molecule has 1 amide bonds. The van der Waals surface area contributed by atoms with Crippen LogP contribution in [0.2, 0.25) is 0 Å². The molecule has 0 spiro atoms. The molecular formula is C13H14FN3OS. The Labute approximate surface area is 114 Å². The lowest BCUT2D eigenvalue weighted by atomic mass is 10.1. The monoisotopic (exact) mass is 279 g/mol. The molecule has 2 aromatic rings. The highest BCUT2D eigenvalue weighted by Gasteiger charge is 2.15. The number of nitrogens with two attached hydrogens (primary N) is 1. The minimum Gasteiger partial charge on any atom is -0.323 e. The van der Waals surface area contributed by atoms with Crippen LogP contribution in [0.15, 0.2) is 23.6 Å². The van der Waals surface area contributed by atoms with Gasteiger partial charge < -0.3 is 5.73 Å². The lowest BCUT2D eigenvalue weighted by Gasteiger charge is -2.05. The minimum atomic E-state index is -0.510. The number of aromatic nitrogens is 1. The molecule has 1 atom stereocenters. The predicted molar refractivity (Wildman–Crippen MR) is 73.8 cm³/mol. The van der Waals surface area contributed by atoms with E-state index in [9.17, 15) is 9.18 Å². The highest BCUT2D eigenvalue weighted by Crippen LogP contribution is 2.20. The third kappa shape index (κ3) is 2.97. The van der Waals surface area contributed by atoms with E-state index < -0.39 is 11.7 Å². The average Bonchev–Trinajstić information content (AvgIpc) is 2.81. The zero-order chi connectivity index (χ0) is 14.0. The van der Waals surface area contributed by atoms with Crippen molar-refractivity contribution in [1.82, 2.24) is 4.98 Å². The second-order valence-electron chi connectivity index (χ2n) is 4.26. The van der Waals surface area contributed by atoms with Gasteiger partial charge in [-0.25, -0.2) is 9.37 Å². The zero-order valence-corrected chi connectivity index (χ0v) is 11.4. The molecule has 0 bridgehead atoms. The fourth-order valence-electron chi connectivity index (χ4n) is 1.54. The van der Waals surface area contributed by atoms with Gasteiger partial charge in [-0.15, -0.1) is 11.3 Å². The highest BCUT2D eigenvalue weighted by molar-refractivity contribution is 7.14. The maximum absolute atomic E-state index is 13.8. The Bertz CT molecular complexity index is 610. The second kappa shape index (κ2) is 5.46. The lowest BCUT2D eigenvalue weighted by Crippen LogP contribution is -2.14. The summed E-state index contributed by atoms with van der Waals surface area (Å²) in [6.07, 6.45) is 0. The van der Waals surface area contributed by atoms with Crippen molar-refractivity contribution in [2.45, 2.75) is 19.9 Å². The Kier molecular flexibility index (Phi) is 3.92. The van der Waals surface area contributed by atoms with Crippen molar-refractivity contribution >= 4 is 22.4 Å². The number of thiazole rings is 1. The van der Waals surface area contributed by atoms with Crippen LogP contribution in [0.1, 0.15) is 34.6 Å². The van der Waals surface area contributed by atoms with Gasteiger partial charge in [0.05, 0.1) is 11.3 Å². The summed E-state index contributed by atoms with van der Waals surface area (Å²) in [5.74, 6) is -1.02. The van der Waals surface area contributed by atoms with Crippen molar-refractivity contribution in [1.29, 1.82) is 0 Å². The van der Waals surface area contributed by atoms with Crippen LogP contribution >= 0.6 is 11.3 Å². The first-order chi connectivity index (χ1) is 8.99. The molecule has 3 N–H and O–H groups in total. The van der Waals surface area contributed by atoms with Crippen LogP contribution in [-0.4, -0.2) is 10.9 Å². The molecule has 0 aliphatic heterocycles. The number of hydrogen-bond donors (Lipinski definition) is 2. The van der Waals surface area contributed by atoms with Gasteiger partial charge in [0.2, 0.25) is 0 Å². The first kappa shape index (κ1) is 13.6. The van der Waals surface area contributed by atoms with Gasteiger partial charge in [0, 0.05) is 11.4 Å². The van der Waals surface area contributed by atoms with Crippen LogP contribution in [0, 0.1) is 12.7 Å². The SMILES string of the molecule is Cc1cccc(C(=O)Nc2nc(C(C)N)cs2)c1F. The van der Waals surface area contributed by atoms with Gasteiger partial charge in [0.25, 0.3) is 5.91 Å². The number of halogens is 1. The Morgan fingerprint density at radius 1 is 1.53 bits per heavy atom. The summed E-state index contributed by atoms with van der Waals surface area (Å²) in [6, 6.07) is 4.50. The van der Waals surface area contributed by atoms with E-state index in [0.717, 1.165) is 0 Å². The molecule has 1 aromatic carbocycles. The number of hydrogen-bond acceptors (Lipinski definition) is 4. The fourth-order valence-corrected chi connectivity index (χ4v) is 2.35. The van der Waals surface area contributed by atoms with Gasteiger partial charge in [-0.05, 0) is 25.5 Å². The molecular weight excluding hydrogens is 265 g/mol. The fraction of sp³-hybridized carbons (Fsp3) is 0.231. The van der Waals surface area contributed by atoms with Crippen molar-refractivity contribution in [3.05, 3.63) is 46.2 Å². The van der Waals surface area contributed by atoms with E-state index in [1.54, 1.807) is 31.4 Å². The number of nitrogens with one attached hydrogen (secondary N) is 1. The van der Waals surface area contributed by atoms with Crippen LogP contribution in [0.25, 0.3) is 0 Å². The van der Waals surface area contributed by atoms with Gasteiger partial charge in [0.15, 0.2) is 5.13 Å². The Balaban J connectivity index is 2.18. The van der Waals surface area contributed by atoms with E-state index >= 15 is 0 Å².